The fourth-order valence-corrected chi connectivity index (χ4v) is 12.0. The van der Waals surface area contributed by atoms with Crippen LogP contribution < -0.4 is 35.2 Å². The minimum Gasteiger partial charge on any atom is -1.00 e. The van der Waals surface area contributed by atoms with Crippen molar-refractivity contribution in [1.82, 2.24) is 0 Å². The van der Waals surface area contributed by atoms with Crippen LogP contribution in [0, 0.1) is 5.92 Å². The molecule has 0 aromatic heterocycles. The van der Waals surface area contributed by atoms with Gasteiger partial charge in [-0.15, -0.1) is 0 Å². The molecule has 0 spiro atoms. The van der Waals surface area contributed by atoms with Crippen molar-refractivity contribution in [3.05, 3.63) is 63.7 Å². The van der Waals surface area contributed by atoms with Gasteiger partial charge in [0.25, 0.3) is 0 Å². The van der Waals surface area contributed by atoms with Crippen LogP contribution in [-0.2, 0) is 24.4 Å². The predicted molar refractivity (Wildman–Crippen MR) is 111 cm³/mol. The van der Waals surface area contributed by atoms with Gasteiger partial charge in [0.1, 0.15) is 0 Å². The molecular weight excluding hydrogens is 589 g/mol. The van der Waals surface area contributed by atoms with Crippen molar-refractivity contribution in [1.29, 1.82) is 0 Å². The minimum absolute atomic E-state index is 0. The van der Waals surface area contributed by atoms with Crippen molar-refractivity contribution >= 4 is 34.4 Å². The summed E-state index contributed by atoms with van der Waals surface area (Å²) >= 11 is 8.35. The summed E-state index contributed by atoms with van der Waals surface area (Å²) in [5, 5.41) is 3.10. The van der Waals surface area contributed by atoms with Crippen LogP contribution in [0.3, 0.4) is 0 Å². The summed E-state index contributed by atoms with van der Waals surface area (Å²) in [5.74, 6) is 0.502. The molecule has 0 bridgehead atoms. The zero-order valence-corrected chi connectivity index (χ0v) is 23.5. The molecule has 5 heteroatoms. The number of hydrogen-bond donors (Lipinski definition) is 0. The largest absolute Gasteiger partial charge is 1.00 e. The molecule has 2 aromatic rings. The molecule has 5 rings (SSSR count). The SMILES string of the molecule is CC1=C(C)C(C)C(c2cc3c(c4c2[Si]4(C)Cl)[CH]([Hf+2])c2ccccc2-3)=C1C.[Cl-].[Cl-]. The van der Waals surface area contributed by atoms with Gasteiger partial charge >= 0.3 is 177 Å². The van der Waals surface area contributed by atoms with Crippen molar-refractivity contribution in [3.63, 3.8) is 0 Å². The van der Waals surface area contributed by atoms with E-state index in [1.54, 1.807) is 10.8 Å². The van der Waals surface area contributed by atoms with E-state index >= 15 is 0 Å². The van der Waals surface area contributed by atoms with Gasteiger partial charge in [0.2, 0.25) is 0 Å². The Hall–Kier alpha value is -0.123. The molecule has 28 heavy (non-hydrogen) atoms. The summed E-state index contributed by atoms with van der Waals surface area (Å²) in [7, 11) is -1.91. The third-order valence-corrected chi connectivity index (χ3v) is 13.0. The molecule has 3 unspecified atom stereocenters. The van der Waals surface area contributed by atoms with Gasteiger partial charge in [-0.1, -0.05) is 0 Å². The summed E-state index contributed by atoms with van der Waals surface area (Å²) < 4.78 is 0.606. The quantitative estimate of drug-likeness (QED) is 0.296. The summed E-state index contributed by atoms with van der Waals surface area (Å²) in [5.41, 5.74) is 13.5. The van der Waals surface area contributed by atoms with Gasteiger partial charge in [0.15, 0.2) is 0 Å². The van der Waals surface area contributed by atoms with Crippen molar-refractivity contribution in [3.8, 4) is 11.1 Å². The number of benzene rings is 2. The molecule has 0 amide bonds. The molecule has 3 atom stereocenters. The zero-order valence-electron chi connectivity index (χ0n) is 16.7. The van der Waals surface area contributed by atoms with Gasteiger partial charge in [0.05, 0.1) is 0 Å². The number of hydrogen-bond acceptors (Lipinski definition) is 0. The molecule has 0 saturated carbocycles. The van der Waals surface area contributed by atoms with E-state index in [2.05, 4.69) is 64.6 Å². The second-order valence-electron chi connectivity index (χ2n) is 8.23. The molecule has 0 nitrogen and oxygen atoms in total. The summed E-state index contributed by atoms with van der Waals surface area (Å²) in [6, 6.07) is 11.5. The molecule has 3 aliphatic rings. The summed E-state index contributed by atoms with van der Waals surface area (Å²) in [6.07, 6.45) is 0. The molecule has 2 aromatic carbocycles. The fraction of sp³-hybridized carbons (Fsp3) is 0.304. The molecule has 0 fully saturated rings. The van der Waals surface area contributed by atoms with Gasteiger partial charge in [-0.2, -0.15) is 0 Å². The Morgan fingerprint density at radius 3 is 2.18 bits per heavy atom. The normalized spacial score (nSPS) is 26.4. The number of fused-ring (bicyclic) bond motifs is 5. The third-order valence-electron chi connectivity index (χ3n) is 7.03. The maximum atomic E-state index is 7.20. The van der Waals surface area contributed by atoms with E-state index in [9.17, 15) is 0 Å². The van der Waals surface area contributed by atoms with Crippen molar-refractivity contribution < 1.29 is 49.2 Å². The van der Waals surface area contributed by atoms with Gasteiger partial charge < -0.3 is 24.8 Å². The first-order chi connectivity index (χ1) is 12.3. The molecule has 143 valence electrons. The Balaban J connectivity index is 0.00000112. The molecule has 0 radical (unpaired) electrons. The molecule has 0 N–H and O–H groups in total. The Morgan fingerprint density at radius 2 is 1.57 bits per heavy atom. The van der Waals surface area contributed by atoms with Crippen LogP contribution in [0.5, 0.6) is 0 Å². The van der Waals surface area contributed by atoms with Crippen LogP contribution >= 0.6 is 11.1 Å². The Morgan fingerprint density at radius 1 is 0.929 bits per heavy atom. The van der Waals surface area contributed by atoms with Crippen molar-refractivity contribution in [2.45, 2.75) is 37.9 Å². The maximum absolute atomic E-state index is 7.20. The second-order valence-corrected chi connectivity index (χ2v) is 15.6. The molecular formula is C23H22Cl3HfSi. The summed E-state index contributed by atoms with van der Waals surface area (Å²) in [6.45, 7) is 11.6. The maximum Gasteiger partial charge on any atom is -1.00 e. The third kappa shape index (κ3) is 2.71. The first-order valence-corrected chi connectivity index (χ1v) is 15.0. The topological polar surface area (TPSA) is 0 Å². The smallest absolute Gasteiger partial charge is 1.00 e. The van der Waals surface area contributed by atoms with E-state index in [0.717, 1.165) is 24.4 Å². The minimum atomic E-state index is -1.91. The second kappa shape index (κ2) is 7.23. The van der Waals surface area contributed by atoms with Gasteiger partial charge in [0, 0.05) is 0 Å². The van der Waals surface area contributed by atoms with Gasteiger partial charge in [-0.05, 0) is 0 Å². The van der Waals surface area contributed by atoms with Crippen LogP contribution in [0.4, 0.5) is 0 Å². The average Bonchev–Trinajstić information content (AvgIpc) is 3.00. The van der Waals surface area contributed by atoms with E-state index in [0.29, 0.717) is 9.59 Å². The van der Waals surface area contributed by atoms with Gasteiger partial charge in [-0.3, -0.25) is 0 Å². The number of rotatable bonds is 1. The van der Waals surface area contributed by atoms with Crippen molar-refractivity contribution in [2.75, 3.05) is 0 Å². The first kappa shape index (κ1) is 22.6. The predicted octanol–water partition coefficient (Wildman–Crippen LogP) is -0.687. The average molecular weight is 611 g/mol. The Kier molecular flexibility index (Phi) is 5.83. The van der Waals surface area contributed by atoms with E-state index in [1.165, 1.54) is 49.7 Å². The monoisotopic (exact) mass is 611 g/mol. The Labute approximate surface area is 200 Å². The van der Waals surface area contributed by atoms with E-state index < -0.39 is 7.38 Å². The first-order valence-electron chi connectivity index (χ1n) is 9.36. The Bertz CT molecular complexity index is 1080. The van der Waals surface area contributed by atoms with Crippen LogP contribution in [0.25, 0.3) is 16.7 Å². The molecule has 0 saturated heterocycles. The van der Waals surface area contributed by atoms with Crippen LogP contribution in [0.15, 0.2) is 47.1 Å². The van der Waals surface area contributed by atoms with E-state index in [1.807, 2.05) is 0 Å². The number of allylic oxidation sites excluding steroid dienone is 4. The molecule has 1 aliphatic heterocycles. The van der Waals surface area contributed by atoms with E-state index in [4.69, 9.17) is 11.1 Å². The zero-order chi connectivity index (χ0) is 18.5. The van der Waals surface area contributed by atoms with Crippen LogP contribution in [-0.4, -0.2) is 7.38 Å². The molecule has 2 aliphatic carbocycles. The van der Waals surface area contributed by atoms with Crippen molar-refractivity contribution in [2.24, 2.45) is 5.92 Å². The fourth-order valence-electron chi connectivity index (χ4n) is 5.24. The van der Waals surface area contributed by atoms with Crippen LogP contribution in [0.1, 0.15) is 48.1 Å². The van der Waals surface area contributed by atoms with E-state index in [-0.39, 0.29) is 24.8 Å². The van der Waals surface area contributed by atoms with Crippen LogP contribution in [0.2, 0.25) is 6.55 Å². The number of halogens is 3. The molecule has 1 heterocycles. The standard InChI is InChI=1S/C23H22ClSi.2ClH.Hf/c1-12-13(2)15(4)21(14(12)3)20-11-18-17-9-7-6-8-16(17)10-19(18)22-23(20)25(22,5)24;;;/h6-11,14H,1-5H3;2*1H;/q;;;+2/p-2. The summed E-state index contributed by atoms with van der Waals surface area (Å²) in [4.78, 5) is 0. The van der Waals surface area contributed by atoms with Gasteiger partial charge in [-0.25, -0.2) is 0 Å².